The van der Waals surface area contributed by atoms with Crippen LogP contribution in [0.1, 0.15) is 31.4 Å². The summed E-state index contributed by atoms with van der Waals surface area (Å²) in [6, 6.07) is 17.4. The highest BCUT2D eigenvalue weighted by atomic mass is 32.2. The summed E-state index contributed by atoms with van der Waals surface area (Å²) >= 11 is 0.988. The van der Waals surface area contributed by atoms with Gasteiger partial charge in [0.2, 0.25) is 0 Å². The summed E-state index contributed by atoms with van der Waals surface area (Å²) in [5, 5.41) is -0.220. The third-order valence-corrected chi connectivity index (χ3v) is 5.36. The van der Waals surface area contributed by atoms with Crippen molar-refractivity contribution < 1.29 is 14.3 Å². The molecule has 1 heterocycles. The molecule has 2 aromatic carbocycles. The number of benzene rings is 2. The molecule has 0 unspecified atom stereocenters. The fourth-order valence-electron chi connectivity index (χ4n) is 2.73. The van der Waals surface area contributed by atoms with Gasteiger partial charge < -0.3 is 4.74 Å². The summed E-state index contributed by atoms with van der Waals surface area (Å²) in [7, 11) is 0. The molecule has 3 rings (SSSR count). The smallest absolute Gasteiger partial charge is 0.293 e. The SMILES string of the molecule is CC[C@@H](C)Oc1ccccc1/C=C1/SC(=O)N(CCc2ccccc2)C1=O. The normalized spacial score (nSPS) is 16.8. The summed E-state index contributed by atoms with van der Waals surface area (Å²) < 4.78 is 5.94. The van der Waals surface area contributed by atoms with E-state index in [0.29, 0.717) is 17.9 Å². The predicted molar refractivity (Wildman–Crippen MR) is 110 cm³/mol. The number of para-hydroxylation sites is 1. The number of hydrogen-bond acceptors (Lipinski definition) is 4. The van der Waals surface area contributed by atoms with Crippen molar-refractivity contribution in [3.63, 3.8) is 0 Å². The van der Waals surface area contributed by atoms with E-state index in [1.807, 2.05) is 61.5 Å². The molecule has 1 aliphatic rings. The van der Waals surface area contributed by atoms with E-state index in [0.717, 1.165) is 35.1 Å². The Morgan fingerprint density at radius 3 is 2.52 bits per heavy atom. The lowest BCUT2D eigenvalue weighted by molar-refractivity contribution is -0.122. The molecule has 0 saturated carbocycles. The first-order valence-corrected chi connectivity index (χ1v) is 9.95. The molecule has 1 saturated heterocycles. The van der Waals surface area contributed by atoms with Crippen LogP contribution in [0.3, 0.4) is 0 Å². The van der Waals surface area contributed by atoms with Crippen LogP contribution in [0.25, 0.3) is 6.08 Å². The van der Waals surface area contributed by atoms with E-state index in [4.69, 9.17) is 4.74 Å². The summed E-state index contributed by atoms with van der Waals surface area (Å²) in [4.78, 5) is 26.8. The van der Waals surface area contributed by atoms with Gasteiger partial charge in [-0.1, -0.05) is 55.5 Å². The van der Waals surface area contributed by atoms with E-state index < -0.39 is 0 Å². The van der Waals surface area contributed by atoms with Crippen molar-refractivity contribution in [2.24, 2.45) is 0 Å². The fourth-order valence-corrected chi connectivity index (χ4v) is 3.58. The Balaban J connectivity index is 1.74. The Morgan fingerprint density at radius 1 is 1.07 bits per heavy atom. The summed E-state index contributed by atoms with van der Waals surface area (Å²) in [6.07, 6.45) is 3.38. The highest BCUT2D eigenvalue weighted by Crippen LogP contribution is 2.34. The first-order valence-electron chi connectivity index (χ1n) is 9.13. The third kappa shape index (κ3) is 4.80. The van der Waals surface area contributed by atoms with Crippen LogP contribution in [0, 0.1) is 0 Å². The van der Waals surface area contributed by atoms with Gasteiger partial charge in [-0.25, -0.2) is 0 Å². The summed E-state index contributed by atoms with van der Waals surface area (Å²) in [6.45, 7) is 4.46. The molecule has 5 heteroatoms. The van der Waals surface area contributed by atoms with Crippen LogP contribution >= 0.6 is 11.8 Å². The van der Waals surface area contributed by atoms with Crippen LogP contribution in [0.2, 0.25) is 0 Å². The Labute approximate surface area is 164 Å². The number of amides is 2. The maximum absolute atomic E-state index is 12.7. The zero-order chi connectivity index (χ0) is 19.2. The maximum Gasteiger partial charge on any atom is 0.293 e. The first kappa shape index (κ1) is 19.2. The zero-order valence-corrected chi connectivity index (χ0v) is 16.4. The van der Waals surface area contributed by atoms with Gasteiger partial charge in [-0.05, 0) is 49.2 Å². The van der Waals surface area contributed by atoms with Gasteiger partial charge in [0.25, 0.3) is 11.1 Å². The molecule has 0 radical (unpaired) electrons. The Bertz CT molecular complexity index is 848. The van der Waals surface area contributed by atoms with Gasteiger partial charge in [-0.3, -0.25) is 14.5 Å². The Kier molecular flexibility index (Phi) is 6.35. The quantitative estimate of drug-likeness (QED) is 0.623. The molecule has 2 amide bonds. The van der Waals surface area contributed by atoms with Crippen LogP contribution in [-0.2, 0) is 11.2 Å². The van der Waals surface area contributed by atoms with Gasteiger partial charge in [0.05, 0.1) is 11.0 Å². The molecule has 0 N–H and O–H groups in total. The molecular formula is C22H23NO3S. The molecule has 0 bridgehead atoms. The molecule has 0 aliphatic carbocycles. The second-order valence-electron chi connectivity index (χ2n) is 6.44. The second-order valence-corrected chi connectivity index (χ2v) is 7.44. The number of rotatable bonds is 7. The van der Waals surface area contributed by atoms with E-state index in [1.54, 1.807) is 6.08 Å². The predicted octanol–water partition coefficient (Wildman–Crippen LogP) is 5.14. The Hall–Kier alpha value is -2.53. The highest BCUT2D eigenvalue weighted by Gasteiger charge is 2.34. The average Bonchev–Trinajstić information content (AvgIpc) is 2.95. The van der Waals surface area contributed by atoms with Crippen LogP contribution < -0.4 is 4.74 Å². The number of carbonyl (C=O) groups excluding carboxylic acids is 2. The lowest BCUT2D eigenvalue weighted by Gasteiger charge is -2.15. The van der Waals surface area contributed by atoms with E-state index in [9.17, 15) is 9.59 Å². The van der Waals surface area contributed by atoms with Crippen LogP contribution in [0.4, 0.5) is 4.79 Å². The topological polar surface area (TPSA) is 46.6 Å². The standard InChI is InChI=1S/C22H23NO3S/c1-3-16(2)26-19-12-8-7-11-18(19)15-20-21(24)23(22(25)27-20)14-13-17-9-5-4-6-10-17/h4-12,15-16H,3,13-14H2,1-2H3/b20-15+/t16-/m1/s1. The van der Waals surface area contributed by atoms with Crippen molar-refractivity contribution in [1.29, 1.82) is 0 Å². The van der Waals surface area contributed by atoms with Gasteiger partial charge in [-0.15, -0.1) is 0 Å². The second kappa shape index (κ2) is 8.91. The minimum Gasteiger partial charge on any atom is -0.490 e. The van der Waals surface area contributed by atoms with Gasteiger partial charge in [0.15, 0.2) is 0 Å². The molecule has 0 aromatic heterocycles. The molecule has 0 spiro atoms. The van der Waals surface area contributed by atoms with Gasteiger partial charge >= 0.3 is 0 Å². The molecule has 2 aromatic rings. The monoisotopic (exact) mass is 381 g/mol. The van der Waals surface area contributed by atoms with Gasteiger partial charge in [0, 0.05) is 12.1 Å². The number of ether oxygens (including phenoxy) is 1. The van der Waals surface area contributed by atoms with E-state index in [1.165, 1.54) is 4.90 Å². The molecule has 1 atom stereocenters. The van der Waals surface area contributed by atoms with Crippen LogP contribution in [-0.4, -0.2) is 28.7 Å². The summed E-state index contributed by atoms with van der Waals surface area (Å²) in [5.41, 5.74) is 1.92. The van der Waals surface area contributed by atoms with E-state index in [2.05, 4.69) is 6.92 Å². The third-order valence-electron chi connectivity index (χ3n) is 4.45. The van der Waals surface area contributed by atoms with E-state index in [-0.39, 0.29) is 17.3 Å². The molecule has 1 aliphatic heterocycles. The van der Waals surface area contributed by atoms with Crippen molar-refractivity contribution in [3.05, 3.63) is 70.6 Å². The Morgan fingerprint density at radius 2 is 1.78 bits per heavy atom. The minimum absolute atomic E-state index is 0.0838. The highest BCUT2D eigenvalue weighted by molar-refractivity contribution is 8.18. The van der Waals surface area contributed by atoms with Crippen molar-refractivity contribution in [2.75, 3.05) is 6.54 Å². The van der Waals surface area contributed by atoms with Crippen LogP contribution in [0.5, 0.6) is 5.75 Å². The lowest BCUT2D eigenvalue weighted by Crippen LogP contribution is -2.30. The summed E-state index contributed by atoms with van der Waals surface area (Å²) in [5.74, 6) is 0.488. The van der Waals surface area contributed by atoms with Crippen molar-refractivity contribution >= 4 is 29.0 Å². The molecule has 140 valence electrons. The van der Waals surface area contributed by atoms with Crippen molar-refractivity contribution in [3.8, 4) is 5.75 Å². The molecular weight excluding hydrogens is 358 g/mol. The minimum atomic E-state index is -0.237. The number of carbonyl (C=O) groups is 2. The van der Waals surface area contributed by atoms with Gasteiger partial charge in [0.1, 0.15) is 5.75 Å². The maximum atomic E-state index is 12.7. The van der Waals surface area contributed by atoms with Crippen molar-refractivity contribution in [2.45, 2.75) is 32.8 Å². The van der Waals surface area contributed by atoms with Crippen molar-refractivity contribution in [1.82, 2.24) is 4.90 Å². The molecule has 27 heavy (non-hydrogen) atoms. The molecule has 4 nitrogen and oxygen atoms in total. The number of hydrogen-bond donors (Lipinski definition) is 0. The number of imide groups is 1. The zero-order valence-electron chi connectivity index (χ0n) is 15.6. The lowest BCUT2D eigenvalue weighted by atomic mass is 10.1. The largest absolute Gasteiger partial charge is 0.490 e. The molecule has 1 fully saturated rings. The van der Waals surface area contributed by atoms with Crippen LogP contribution in [0.15, 0.2) is 59.5 Å². The fraction of sp³-hybridized carbons (Fsp3) is 0.273. The van der Waals surface area contributed by atoms with E-state index >= 15 is 0 Å². The average molecular weight is 381 g/mol. The first-order chi connectivity index (χ1) is 13.1. The number of thioether (sulfide) groups is 1. The van der Waals surface area contributed by atoms with Gasteiger partial charge in [-0.2, -0.15) is 0 Å². The number of nitrogens with zero attached hydrogens (tertiary/aromatic N) is 1.